The van der Waals surface area contributed by atoms with Gasteiger partial charge in [0.05, 0.1) is 18.3 Å². The summed E-state index contributed by atoms with van der Waals surface area (Å²) in [5.41, 5.74) is 0.557. The molecule has 0 aromatic carbocycles. The molecule has 4 fully saturated rings. The van der Waals surface area contributed by atoms with E-state index in [0.29, 0.717) is 37.5 Å². The molecule has 12 nitrogen and oxygen atoms in total. The first kappa shape index (κ1) is 36.1. The van der Waals surface area contributed by atoms with Crippen LogP contribution in [0.15, 0.2) is 11.6 Å². The van der Waals surface area contributed by atoms with Gasteiger partial charge in [-0.2, -0.15) is 8.42 Å². The third-order valence-electron chi connectivity index (χ3n) is 12.5. The summed E-state index contributed by atoms with van der Waals surface area (Å²) in [5.74, 6) is -0.771. The van der Waals surface area contributed by atoms with E-state index in [1.54, 1.807) is 0 Å². The predicted molar refractivity (Wildman–Crippen MR) is 165 cm³/mol. The largest absolute Gasteiger partial charge is 0.479 e. The highest BCUT2D eigenvalue weighted by atomic mass is 32.3. The SMILES string of the molecule is CC(C)CCC[C@@H](C)[C@H]1[C@@H](O)CC2C3C[C@H](OS(=O)(=O)O)C4C[C@@H](O[C@@H]5O[C@H](C(=O)O)[C@@H](O)[C@H](O)[C@H]5O)CC[C@]4(C)C3=CC[C@@]21C. The van der Waals surface area contributed by atoms with Gasteiger partial charge in [0, 0.05) is 0 Å². The van der Waals surface area contributed by atoms with Crippen molar-refractivity contribution in [3.05, 3.63) is 11.6 Å². The summed E-state index contributed by atoms with van der Waals surface area (Å²) in [4.78, 5) is 11.6. The minimum atomic E-state index is -4.81. The van der Waals surface area contributed by atoms with Crippen molar-refractivity contribution in [2.45, 2.75) is 141 Å². The van der Waals surface area contributed by atoms with Crippen LogP contribution < -0.4 is 0 Å². The van der Waals surface area contributed by atoms with Crippen LogP contribution >= 0.6 is 0 Å². The lowest BCUT2D eigenvalue weighted by Gasteiger charge is -2.59. The zero-order chi connectivity index (χ0) is 33.9. The standard InChI is InChI=1S/C33H54O12S/c1-16(2)7-6-8-17(3)25-23(34)15-21-19-14-24(45-46(40,41)42)22-13-18(9-11-32(22,4)20(19)10-12-33(21,25)5)43-31-28(37)26(35)27(36)29(44-31)30(38)39/h10,16-19,21-29,31,34-37H,6-9,11-15H2,1-5H3,(H,38,39)(H,40,41,42)/t17-,18+,19?,21?,22?,23+,24+,25+,26+,27+,28-,29+,31-,32-,33+/m1/s1. The lowest BCUT2D eigenvalue weighted by atomic mass is 9.47. The first-order valence-corrected chi connectivity index (χ1v) is 18.4. The molecule has 0 spiro atoms. The zero-order valence-corrected chi connectivity index (χ0v) is 28.4. The molecule has 1 aliphatic heterocycles. The van der Waals surface area contributed by atoms with Crippen molar-refractivity contribution in [1.82, 2.24) is 0 Å². The number of aliphatic hydroxyl groups excluding tert-OH is 4. The average Bonchev–Trinajstić information content (AvgIpc) is 3.22. The Hall–Kier alpha value is -1.16. The van der Waals surface area contributed by atoms with E-state index < -0.39 is 76.7 Å². The van der Waals surface area contributed by atoms with Gasteiger partial charge in [-0.05, 0) is 84.9 Å². The fraction of sp³-hybridized carbons (Fsp3) is 0.909. The van der Waals surface area contributed by atoms with E-state index in [-0.39, 0.29) is 29.6 Å². The second-order valence-corrected chi connectivity index (χ2v) is 16.9. The maximum absolute atomic E-state index is 12.2. The van der Waals surface area contributed by atoms with E-state index in [4.69, 9.17) is 13.7 Å². The van der Waals surface area contributed by atoms with Crippen molar-refractivity contribution in [1.29, 1.82) is 0 Å². The molecule has 0 aromatic heterocycles. The van der Waals surface area contributed by atoms with Crippen molar-refractivity contribution in [2.75, 3.05) is 0 Å². The minimum Gasteiger partial charge on any atom is -0.479 e. The van der Waals surface area contributed by atoms with Crippen LogP contribution in [0, 0.1) is 46.3 Å². The zero-order valence-electron chi connectivity index (χ0n) is 27.6. The van der Waals surface area contributed by atoms with Gasteiger partial charge in [-0.25, -0.2) is 8.98 Å². The first-order valence-electron chi connectivity index (χ1n) is 17.0. The van der Waals surface area contributed by atoms with E-state index >= 15 is 0 Å². The summed E-state index contributed by atoms with van der Waals surface area (Å²) >= 11 is 0. The first-order chi connectivity index (χ1) is 21.4. The van der Waals surface area contributed by atoms with Crippen LogP contribution in [0.5, 0.6) is 0 Å². The molecule has 3 saturated carbocycles. The van der Waals surface area contributed by atoms with E-state index in [0.717, 1.165) is 25.7 Å². The molecule has 0 amide bonds. The number of allylic oxidation sites excluding steroid dienone is 2. The number of carboxylic acids is 1. The molecule has 1 heterocycles. The Bertz CT molecular complexity index is 1250. The highest BCUT2D eigenvalue weighted by Gasteiger charge is 2.63. The summed E-state index contributed by atoms with van der Waals surface area (Å²) in [6.45, 7) is 11.1. The van der Waals surface area contributed by atoms with E-state index in [1.165, 1.54) is 5.57 Å². The molecule has 4 aliphatic carbocycles. The molecule has 1 saturated heterocycles. The van der Waals surface area contributed by atoms with Gasteiger partial charge in [-0.3, -0.25) is 4.55 Å². The highest BCUT2D eigenvalue weighted by Crippen LogP contribution is 2.67. The Kier molecular flexibility index (Phi) is 10.4. The molecule has 5 rings (SSSR count). The maximum Gasteiger partial charge on any atom is 0.397 e. The molecule has 0 bridgehead atoms. The van der Waals surface area contributed by atoms with Crippen LogP contribution in [0.3, 0.4) is 0 Å². The van der Waals surface area contributed by atoms with E-state index in [2.05, 4.69) is 40.7 Å². The summed E-state index contributed by atoms with van der Waals surface area (Å²) < 4.78 is 51.0. The third kappa shape index (κ3) is 6.69. The second-order valence-electron chi connectivity index (χ2n) is 15.8. The molecule has 15 atom stereocenters. The number of rotatable bonds is 10. The van der Waals surface area contributed by atoms with Crippen LogP contribution in [-0.4, -0.2) is 93.5 Å². The Balaban J connectivity index is 1.39. The number of carbonyl (C=O) groups is 1. The molecule has 46 heavy (non-hydrogen) atoms. The molecular weight excluding hydrogens is 620 g/mol. The van der Waals surface area contributed by atoms with Crippen molar-refractivity contribution < 1.29 is 57.0 Å². The van der Waals surface area contributed by atoms with Gasteiger partial charge in [-0.1, -0.05) is 65.5 Å². The lowest BCUT2D eigenvalue weighted by molar-refractivity contribution is -0.309. The van der Waals surface area contributed by atoms with Crippen molar-refractivity contribution in [3.63, 3.8) is 0 Å². The number of aliphatic hydroxyl groups is 4. The normalized spacial score (nSPS) is 46.6. The predicted octanol–water partition coefficient (Wildman–Crippen LogP) is 3.07. The van der Waals surface area contributed by atoms with Crippen LogP contribution in [-0.2, 0) is 28.9 Å². The summed E-state index contributed by atoms with van der Waals surface area (Å²) in [7, 11) is -4.81. The Morgan fingerprint density at radius 2 is 1.72 bits per heavy atom. The van der Waals surface area contributed by atoms with Crippen LogP contribution in [0.2, 0.25) is 0 Å². The molecule has 264 valence electrons. The van der Waals surface area contributed by atoms with Crippen LogP contribution in [0.4, 0.5) is 0 Å². The Morgan fingerprint density at radius 3 is 2.35 bits per heavy atom. The molecule has 5 aliphatic rings. The van der Waals surface area contributed by atoms with Crippen molar-refractivity contribution in [3.8, 4) is 0 Å². The number of fused-ring (bicyclic) bond motifs is 5. The van der Waals surface area contributed by atoms with E-state index in [9.17, 15) is 43.3 Å². The lowest BCUT2D eigenvalue weighted by Crippen LogP contribution is -2.61. The molecule has 6 N–H and O–H groups in total. The fourth-order valence-corrected chi connectivity index (χ4v) is 10.9. The molecule has 13 heteroatoms. The number of ether oxygens (including phenoxy) is 2. The number of hydrogen-bond acceptors (Lipinski definition) is 10. The van der Waals surface area contributed by atoms with Gasteiger partial charge in [-0.15, -0.1) is 0 Å². The fourth-order valence-electron chi connectivity index (χ4n) is 10.4. The second kappa shape index (κ2) is 13.3. The van der Waals surface area contributed by atoms with Gasteiger partial charge in [0.25, 0.3) is 0 Å². The number of hydrogen-bond donors (Lipinski definition) is 6. The van der Waals surface area contributed by atoms with Crippen molar-refractivity contribution in [2.24, 2.45) is 46.3 Å². The van der Waals surface area contributed by atoms with Gasteiger partial charge < -0.3 is 35.0 Å². The van der Waals surface area contributed by atoms with Crippen molar-refractivity contribution >= 4 is 16.4 Å². The van der Waals surface area contributed by atoms with Gasteiger partial charge in [0.1, 0.15) is 18.3 Å². The number of carboxylic acid groups (broad SMARTS) is 1. The third-order valence-corrected chi connectivity index (χ3v) is 13.0. The number of aliphatic carboxylic acids is 1. The molecule has 3 unspecified atom stereocenters. The van der Waals surface area contributed by atoms with Gasteiger partial charge in [0.2, 0.25) is 0 Å². The van der Waals surface area contributed by atoms with Gasteiger partial charge >= 0.3 is 16.4 Å². The minimum absolute atomic E-state index is 0.0387. The van der Waals surface area contributed by atoms with Crippen LogP contribution in [0.25, 0.3) is 0 Å². The topological polar surface area (TPSA) is 200 Å². The van der Waals surface area contributed by atoms with E-state index in [1.807, 2.05) is 0 Å². The highest BCUT2D eigenvalue weighted by molar-refractivity contribution is 7.80. The summed E-state index contributed by atoms with van der Waals surface area (Å²) in [6, 6.07) is 0. The van der Waals surface area contributed by atoms with Gasteiger partial charge in [0.15, 0.2) is 12.4 Å². The smallest absolute Gasteiger partial charge is 0.397 e. The molecule has 0 aromatic rings. The Morgan fingerprint density at radius 1 is 1.02 bits per heavy atom. The molecular formula is C33H54O12S. The summed E-state index contributed by atoms with van der Waals surface area (Å²) in [5, 5.41) is 51.8. The Labute approximate surface area is 272 Å². The quantitative estimate of drug-likeness (QED) is 0.113. The average molecular weight is 675 g/mol. The molecule has 0 radical (unpaired) electrons. The monoisotopic (exact) mass is 674 g/mol. The maximum atomic E-state index is 12.2. The summed E-state index contributed by atoms with van der Waals surface area (Å²) in [6.07, 6.45) is -1.93. The van der Waals surface area contributed by atoms with Crippen LogP contribution in [0.1, 0.15) is 92.4 Å².